The summed E-state index contributed by atoms with van der Waals surface area (Å²) in [4.78, 5) is 23.6. The van der Waals surface area contributed by atoms with Crippen molar-refractivity contribution in [2.24, 2.45) is 0 Å². The summed E-state index contributed by atoms with van der Waals surface area (Å²) >= 11 is 0. The molecule has 28 heavy (non-hydrogen) atoms. The molecule has 7 heteroatoms. The zero-order valence-corrected chi connectivity index (χ0v) is 16.4. The van der Waals surface area contributed by atoms with Crippen molar-refractivity contribution in [3.8, 4) is 17.2 Å². The first-order chi connectivity index (χ1) is 13.4. The Bertz CT molecular complexity index is 824. The highest BCUT2D eigenvalue weighted by molar-refractivity contribution is 5.89. The third kappa shape index (κ3) is 4.94. The predicted molar refractivity (Wildman–Crippen MR) is 104 cm³/mol. The molecule has 0 bridgehead atoms. The molecule has 2 aromatic rings. The van der Waals surface area contributed by atoms with Crippen molar-refractivity contribution < 1.29 is 28.9 Å². The van der Waals surface area contributed by atoms with E-state index in [-0.39, 0.29) is 23.9 Å². The van der Waals surface area contributed by atoms with Gasteiger partial charge in [-0.2, -0.15) is 0 Å². The van der Waals surface area contributed by atoms with Crippen LogP contribution in [0.3, 0.4) is 0 Å². The number of methoxy groups -OCH3 is 3. The van der Waals surface area contributed by atoms with Gasteiger partial charge in [0, 0.05) is 6.42 Å². The number of aromatic carboxylic acids is 1. The van der Waals surface area contributed by atoms with Crippen LogP contribution in [0.15, 0.2) is 36.4 Å². The summed E-state index contributed by atoms with van der Waals surface area (Å²) in [5.74, 6) is 0.322. The molecule has 0 aliphatic heterocycles. The highest BCUT2D eigenvalue weighted by atomic mass is 16.5. The van der Waals surface area contributed by atoms with Crippen LogP contribution in [0.4, 0.5) is 0 Å². The number of carboxylic acids is 1. The second-order valence-electron chi connectivity index (χ2n) is 6.21. The van der Waals surface area contributed by atoms with Gasteiger partial charge in [0.1, 0.15) is 0 Å². The fourth-order valence-electron chi connectivity index (χ4n) is 2.94. The monoisotopic (exact) mass is 387 g/mol. The fraction of sp³-hybridized carbons (Fsp3) is 0.333. The molecule has 1 amide bonds. The summed E-state index contributed by atoms with van der Waals surface area (Å²) in [6, 6.07) is 9.96. The smallest absolute Gasteiger partial charge is 0.335 e. The van der Waals surface area contributed by atoms with E-state index in [1.54, 1.807) is 30.3 Å². The second-order valence-corrected chi connectivity index (χ2v) is 6.21. The largest absolute Gasteiger partial charge is 0.493 e. The summed E-state index contributed by atoms with van der Waals surface area (Å²) < 4.78 is 16.0. The SMILES string of the molecule is COc1cc(C(C)NC(=O)CCc2ccccc2C(=O)O)cc(OC)c1OC. The number of amides is 1. The standard InChI is InChI=1S/C21H25NO6/c1-13(15-11-17(26-2)20(28-4)18(12-15)27-3)22-19(23)10-9-14-7-5-6-8-16(14)21(24)25/h5-8,11-13H,9-10H2,1-4H3,(H,22,23)(H,24,25). The van der Waals surface area contributed by atoms with Gasteiger partial charge in [-0.25, -0.2) is 4.79 Å². The summed E-state index contributed by atoms with van der Waals surface area (Å²) in [5, 5.41) is 12.1. The number of rotatable bonds is 9. The Balaban J connectivity index is 2.08. The van der Waals surface area contributed by atoms with Gasteiger partial charge in [-0.15, -0.1) is 0 Å². The van der Waals surface area contributed by atoms with Crippen molar-refractivity contribution in [2.45, 2.75) is 25.8 Å². The van der Waals surface area contributed by atoms with Crippen LogP contribution in [0.5, 0.6) is 17.2 Å². The molecule has 0 aromatic heterocycles. The number of nitrogens with one attached hydrogen (secondary N) is 1. The Morgan fingerprint density at radius 3 is 2.18 bits per heavy atom. The summed E-state index contributed by atoms with van der Waals surface area (Å²) in [6.45, 7) is 1.85. The number of carbonyl (C=O) groups excluding carboxylic acids is 1. The lowest BCUT2D eigenvalue weighted by atomic mass is 10.0. The first-order valence-corrected chi connectivity index (χ1v) is 8.81. The van der Waals surface area contributed by atoms with Crippen molar-refractivity contribution in [3.05, 3.63) is 53.1 Å². The number of hydrogen-bond acceptors (Lipinski definition) is 5. The highest BCUT2D eigenvalue weighted by Gasteiger charge is 2.18. The Kier molecular flexibility index (Phi) is 7.26. The highest BCUT2D eigenvalue weighted by Crippen LogP contribution is 2.39. The van der Waals surface area contributed by atoms with E-state index < -0.39 is 5.97 Å². The van der Waals surface area contributed by atoms with Crippen LogP contribution in [0.1, 0.15) is 40.9 Å². The molecular weight excluding hydrogens is 362 g/mol. The molecule has 0 saturated carbocycles. The molecule has 1 atom stereocenters. The van der Waals surface area contributed by atoms with E-state index in [9.17, 15) is 14.7 Å². The minimum atomic E-state index is -0.998. The van der Waals surface area contributed by atoms with E-state index in [1.165, 1.54) is 27.4 Å². The maximum Gasteiger partial charge on any atom is 0.335 e. The second kappa shape index (κ2) is 9.64. The van der Waals surface area contributed by atoms with E-state index in [4.69, 9.17) is 14.2 Å². The lowest BCUT2D eigenvalue weighted by molar-refractivity contribution is -0.121. The molecule has 150 valence electrons. The molecule has 0 heterocycles. The summed E-state index contributed by atoms with van der Waals surface area (Å²) in [6.07, 6.45) is 0.523. The van der Waals surface area contributed by atoms with E-state index in [0.29, 0.717) is 29.2 Å². The van der Waals surface area contributed by atoms with E-state index in [0.717, 1.165) is 5.56 Å². The Morgan fingerprint density at radius 2 is 1.64 bits per heavy atom. The molecule has 0 aliphatic carbocycles. The van der Waals surface area contributed by atoms with Crippen molar-refractivity contribution in [1.82, 2.24) is 5.32 Å². The Hall–Kier alpha value is -3.22. The van der Waals surface area contributed by atoms with E-state index in [1.807, 2.05) is 6.92 Å². The average Bonchev–Trinajstić information content (AvgIpc) is 2.70. The maximum absolute atomic E-state index is 12.4. The van der Waals surface area contributed by atoms with Gasteiger partial charge < -0.3 is 24.6 Å². The number of aryl methyl sites for hydroxylation is 1. The summed E-state index contributed by atoms with van der Waals surface area (Å²) in [7, 11) is 4.59. The van der Waals surface area contributed by atoms with Crippen LogP contribution >= 0.6 is 0 Å². The minimum Gasteiger partial charge on any atom is -0.493 e. The van der Waals surface area contributed by atoms with Crippen LogP contribution < -0.4 is 19.5 Å². The third-order valence-corrected chi connectivity index (χ3v) is 4.43. The normalized spacial score (nSPS) is 11.4. The molecule has 2 N–H and O–H groups in total. The molecular formula is C21H25NO6. The lowest BCUT2D eigenvalue weighted by Gasteiger charge is -2.19. The maximum atomic E-state index is 12.4. The quantitative estimate of drug-likeness (QED) is 0.686. The van der Waals surface area contributed by atoms with Gasteiger partial charge in [-0.05, 0) is 42.7 Å². The molecule has 0 fully saturated rings. The van der Waals surface area contributed by atoms with Crippen molar-refractivity contribution in [3.63, 3.8) is 0 Å². The van der Waals surface area contributed by atoms with Crippen molar-refractivity contribution >= 4 is 11.9 Å². The van der Waals surface area contributed by atoms with Gasteiger partial charge in [-0.1, -0.05) is 18.2 Å². The number of carboxylic acid groups (broad SMARTS) is 1. The number of benzene rings is 2. The number of hydrogen-bond donors (Lipinski definition) is 2. The molecule has 1 unspecified atom stereocenters. The molecule has 7 nitrogen and oxygen atoms in total. The Morgan fingerprint density at radius 1 is 1.04 bits per heavy atom. The number of ether oxygens (including phenoxy) is 3. The molecule has 0 spiro atoms. The molecule has 0 saturated heterocycles. The minimum absolute atomic E-state index is 0.179. The molecule has 0 aliphatic rings. The molecule has 2 aromatic carbocycles. The summed E-state index contributed by atoms with van der Waals surface area (Å²) in [5.41, 5.74) is 1.65. The van der Waals surface area contributed by atoms with Crippen molar-refractivity contribution in [2.75, 3.05) is 21.3 Å². The van der Waals surface area contributed by atoms with Gasteiger partial charge in [-0.3, -0.25) is 4.79 Å². The van der Waals surface area contributed by atoms with E-state index in [2.05, 4.69) is 5.32 Å². The van der Waals surface area contributed by atoms with Crippen LogP contribution in [-0.4, -0.2) is 38.3 Å². The van der Waals surface area contributed by atoms with Gasteiger partial charge in [0.15, 0.2) is 11.5 Å². The topological polar surface area (TPSA) is 94.1 Å². The first-order valence-electron chi connectivity index (χ1n) is 8.81. The van der Waals surface area contributed by atoms with Gasteiger partial charge in [0.2, 0.25) is 11.7 Å². The van der Waals surface area contributed by atoms with Crippen LogP contribution in [0.25, 0.3) is 0 Å². The third-order valence-electron chi connectivity index (χ3n) is 4.43. The molecule has 0 radical (unpaired) electrons. The average molecular weight is 387 g/mol. The van der Waals surface area contributed by atoms with Crippen LogP contribution in [0, 0.1) is 0 Å². The van der Waals surface area contributed by atoms with Gasteiger partial charge >= 0.3 is 5.97 Å². The lowest BCUT2D eigenvalue weighted by Crippen LogP contribution is -2.27. The van der Waals surface area contributed by atoms with Crippen molar-refractivity contribution in [1.29, 1.82) is 0 Å². The first kappa shape index (κ1) is 21.1. The van der Waals surface area contributed by atoms with E-state index >= 15 is 0 Å². The zero-order valence-electron chi connectivity index (χ0n) is 16.4. The zero-order chi connectivity index (χ0) is 20.7. The van der Waals surface area contributed by atoms with Crippen LogP contribution in [-0.2, 0) is 11.2 Å². The Labute approximate surface area is 164 Å². The fourth-order valence-corrected chi connectivity index (χ4v) is 2.94. The van der Waals surface area contributed by atoms with Gasteiger partial charge in [0.05, 0.1) is 32.9 Å². The van der Waals surface area contributed by atoms with Gasteiger partial charge in [0.25, 0.3) is 0 Å². The van der Waals surface area contributed by atoms with Crippen LogP contribution in [0.2, 0.25) is 0 Å². The molecule has 2 rings (SSSR count). The number of carbonyl (C=O) groups is 2. The predicted octanol–water partition coefficient (Wildman–Crippen LogP) is 3.22.